The van der Waals surface area contributed by atoms with E-state index < -0.39 is 0 Å². The van der Waals surface area contributed by atoms with Crippen molar-refractivity contribution in [2.45, 2.75) is 37.6 Å². The van der Waals surface area contributed by atoms with Crippen LogP contribution in [0.3, 0.4) is 0 Å². The number of nitrogens with zero attached hydrogens (tertiary/aromatic N) is 4. The minimum Gasteiger partial charge on any atom is -0.385 e. The normalized spacial score (nSPS) is 17.4. The van der Waals surface area contributed by atoms with E-state index in [1.54, 1.807) is 18.4 Å². The fourth-order valence-electron chi connectivity index (χ4n) is 1.96. The van der Waals surface area contributed by atoms with Crippen molar-refractivity contribution in [1.29, 1.82) is 0 Å². The molecule has 0 amide bonds. The molecule has 0 radical (unpaired) electrons. The third-order valence-corrected chi connectivity index (χ3v) is 4.18. The summed E-state index contributed by atoms with van der Waals surface area (Å²) in [5, 5.41) is 13.9. The van der Waals surface area contributed by atoms with Crippen LogP contribution in [0, 0.1) is 0 Å². The topological polar surface area (TPSA) is 78.3 Å². The summed E-state index contributed by atoms with van der Waals surface area (Å²) in [6.07, 6.45) is 4.24. The number of methoxy groups -OCH3 is 1. The molecule has 0 bridgehead atoms. The highest BCUT2D eigenvalue weighted by atomic mass is 32.1. The van der Waals surface area contributed by atoms with Crippen LogP contribution in [0.2, 0.25) is 0 Å². The van der Waals surface area contributed by atoms with Gasteiger partial charge in [0, 0.05) is 19.6 Å². The standard InChI is InChI=1S/C11H17N5OS/c1-17-6-2-3-8(12)10-15-16-9(7-4-5-7)13-14-11(16)18-10/h7-8H,2-6,12H2,1H3. The largest absolute Gasteiger partial charge is 0.385 e. The van der Waals surface area contributed by atoms with Gasteiger partial charge in [0.05, 0.1) is 6.04 Å². The highest BCUT2D eigenvalue weighted by Crippen LogP contribution is 2.39. The first kappa shape index (κ1) is 12.0. The monoisotopic (exact) mass is 267 g/mol. The van der Waals surface area contributed by atoms with Crippen LogP contribution in [0.4, 0.5) is 0 Å². The second-order valence-corrected chi connectivity index (χ2v) is 5.70. The Morgan fingerprint density at radius 2 is 2.33 bits per heavy atom. The molecule has 18 heavy (non-hydrogen) atoms. The molecule has 3 rings (SSSR count). The maximum absolute atomic E-state index is 6.13. The molecule has 0 saturated heterocycles. The van der Waals surface area contributed by atoms with E-state index in [-0.39, 0.29) is 6.04 Å². The molecule has 1 aliphatic rings. The molecule has 2 aromatic rings. The van der Waals surface area contributed by atoms with E-state index in [1.165, 1.54) is 12.8 Å². The van der Waals surface area contributed by atoms with Gasteiger partial charge in [0.15, 0.2) is 5.82 Å². The summed E-state index contributed by atoms with van der Waals surface area (Å²) in [6, 6.07) is -0.0288. The van der Waals surface area contributed by atoms with Crippen molar-refractivity contribution < 1.29 is 4.74 Å². The Morgan fingerprint density at radius 3 is 3.06 bits per heavy atom. The number of nitrogens with two attached hydrogens (primary N) is 1. The Morgan fingerprint density at radius 1 is 1.50 bits per heavy atom. The quantitative estimate of drug-likeness (QED) is 0.802. The van der Waals surface area contributed by atoms with Crippen molar-refractivity contribution in [3.05, 3.63) is 10.8 Å². The molecule has 1 saturated carbocycles. The van der Waals surface area contributed by atoms with E-state index in [1.807, 2.05) is 4.52 Å². The van der Waals surface area contributed by atoms with Gasteiger partial charge in [-0.1, -0.05) is 11.3 Å². The summed E-state index contributed by atoms with van der Waals surface area (Å²) >= 11 is 1.54. The summed E-state index contributed by atoms with van der Waals surface area (Å²) in [7, 11) is 1.70. The van der Waals surface area contributed by atoms with Gasteiger partial charge in [-0.15, -0.1) is 10.2 Å². The lowest BCUT2D eigenvalue weighted by molar-refractivity contribution is 0.190. The van der Waals surface area contributed by atoms with Crippen molar-refractivity contribution in [3.8, 4) is 0 Å². The lowest BCUT2D eigenvalue weighted by Gasteiger charge is -2.06. The van der Waals surface area contributed by atoms with Crippen LogP contribution in [0.25, 0.3) is 4.96 Å². The zero-order chi connectivity index (χ0) is 12.5. The van der Waals surface area contributed by atoms with Gasteiger partial charge in [-0.2, -0.15) is 9.61 Å². The fourth-order valence-corrected chi connectivity index (χ4v) is 2.85. The third-order valence-electron chi connectivity index (χ3n) is 3.15. The molecule has 1 unspecified atom stereocenters. The SMILES string of the molecule is COCCCC(N)c1nn2c(C3CC3)nnc2s1. The Labute approximate surface area is 109 Å². The number of ether oxygens (including phenoxy) is 1. The summed E-state index contributed by atoms with van der Waals surface area (Å²) in [4.78, 5) is 0.856. The predicted octanol–water partition coefficient (Wildman–Crippen LogP) is 1.49. The van der Waals surface area contributed by atoms with Gasteiger partial charge < -0.3 is 10.5 Å². The number of aromatic nitrogens is 4. The second-order valence-electron chi connectivity index (χ2n) is 4.71. The van der Waals surface area contributed by atoms with Crippen LogP contribution in [0.15, 0.2) is 0 Å². The zero-order valence-electron chi connectivity index (χ0n) is 10.4. The Bertz CT molecular complexity index is 533. The van der Waals surface area contributed by atoms with Gasteiger partial charge in [0.2, 0.25) is 4.96 Å². The molecule has 2 N–H and O–H groups in total. The zero-order valence-corrected chi connectivity index (χ0v) is 11.2. The predicted molar refractivity (Wildman–Crippen MR) is 68.7 cm³/mol. The van der Waals surface area contributed by atoms with Crippen molar-refractivity contribution in [2.24, 2.45) is 5.73 Å². The van der Waals surface area contributed by atoms with E-state index in [2.05, 4.69) is 15.3 Å². The van der Waals surface area contributed by atoms with Crippen molar-refractivity contribution in [1.82, 2.24) is 19.8 Å². The second kappa shape index (κ2) is 4.91. The van der Waals surface area contributed by atoms with Crippen LogP contribution in [0.1, 0.15) is 48.5 Å². The van der Waals surface area contributed by atoms with Gasteiger partial charge in [-0.05, 0) is 25.7 Å². The molecule has 2 heterocycles. The number of hydrogen-bond donors (Lipinski definition) is 1. The van der Waals surface area contributed by atoms with E-state index in [9.17, 15) is 0 Å². The van der Waals surface area contributed by atoms with Crippen LogP contribution >= 0.6 is 11.3 Å². The van der Waals surface area contributed by atoms with E-state index in [4.69, 9.17) is 10.5 Å². The first-order chi connectivity index (χ1) is 8.79. The van der Waals surface area contributed by atoms with E-state index in [0.29, 0.717) is 5.92 Å². The summed E-state index contributed by atoms with van der Waals surface area (Å²) in [5.74, 6) is 1.55. The van der Waals surface area contributed by atoms with Crippen LogP contribution in [-0.2, 0) is 4.74 Å². The molecule has 1 fully saturated rings. The minimum atomic E-state index is -0.0288. The van der Waals surface area contributed by atoms with Gasteiger partial charge in [-0.25, -0.2) is 0 Å². The maximum atomic E-state index is 6.13. The number of fused-ring (bicyclic) bond motifs is 1. The van der Waals surface area contributed by atoms with Crippen LogP contribution in [0.5, 0.6) is 0 Å². The summed E-state index contributed by atoms with van der Waals surface area (Å²) in [6.45, 7) is 0.741. The highest BCUT2D eigenvalue weighted by molar-refractivity contribution is 7.16. The Hall–Kier alpha value is -1.05. The van der Waals surface area contributed by atoms with Crippen molar-refractivity contribution in [2.75, 3.05) is 13.7 Å². The molecular formula is C11H17N5OS. The highest BCUT2D eigenvalue weighted by Gasteiger charge is 2.30. The molecular weight excluding hydrogens is 250 g/mol. The van der Waals surface area contributed by atoms with Crippen LogP contribution in [-0.4, -0.2) is 33.5 Å². The van der Waals surface area contributed by atoms with Gasteiger partial charge in [0.25, 0.3) is 0 Å². The fraction of sp³-hybridized carbons (Fsp3) is 0.727. The maximum Gasteiger partial charge on any atom is 0.234 e. The average Bonchev–Trinajstić information content (AvgIpc) is 2.99. The van der Waals surface area contributed by atoms with Crippen molar-refractivity contribution in [3.63, 3.8) is 0 Å². The molecule has 2 aromatic heterocycles. The molecule has 98 valence electrons. The smallest absolute Gasteiger partial charge is 0.234 e. The average molecular weight is 267 g/mol. The lowest BCUT2D eigenvalue weighted by Crippen LogP contribution is -2.11. The van der Waals surface area contributed by atoms with Crippen LogP contribution < -0.4 is 5.73 Å². The molecule has 1 aliphatic carbocycles. The number of rotatable bonds is 6. The first-order valence-corrected chi connectivity index (χ1v) is 7.08. The molecule has 0 aliphatic heterocycles. The van der Waals surface area contributed by atoms with E-state index in [0.717, 1.165) is 35.2 Å². The third kappa shape index (κ3) is 2.25. The first-order valence-electron chi connectivity index (χ1n) is 6.26. The molecule has 6 nitrogen and oxygen atoms in total. The Balaban J connectivity index is 1.75. The van der Waals surface area contributed by atoms with Gasteiger partial charge in [-0.3, -0.25) is 0 Å². The van der Waals surface area contributed by atoms with E-state index >= 15 is 0 Å². The Kier molecular flexibility index (Phi) is 3.27. The number of hydrogen-bond acceptors (Lipinski definition) is 6. The molecule has 1 atom stereocenters. The molecule has 0 spiro atoms. The minimum absolute atomic E-state index is 0.0288. The molecule has 0 aromatic carbocycles. The molecule has 7 heteroatoms. The lowest BCUT2D eigenvalue weighted by atomic mass is 10.2. The van der Waals surface area contributed by atoms with Gasteiger partial charge in [0.1, 0.15) is 5.01 Å². The van der Waals surface area contributed by atoms with Crippen molar-refractivity contribution >= 4 is 16.3 Å². The summed E-state index contributed by atoms with van der Waals surface area (Å²) in [5.41, 5.74) is 6.13. The summed E-state index contributed by atoms with van der Waals surface area (Å²) < 4.78 is 6.90. The van der Waals surface area contributed by atoms with Gasteiger partial charge >= 0.3 is 0 Å².